The maximum Gasteiger partial charge on any atom is 0.146 e. The van der Waals surface area contributed by atoms with Gasteiger partial charge in [0.05, 0.1) is 23.5 Å². The van der Waals surface area contributed by atoms with E-state index in [0.717, 1.165) is 18.7 Å². The third-order valence-corrected chi connectivity index (χ3v) is 2.97. The minimum Gasteiger partial charge on any atom is -0.311 e. The standard InChI is InChI=1S/C13H16ClFN4/c1-2-6-16-7-11-9-19(18-17-11)8-10-4-3-5-12(14)13(10)15/h3-5,9,16H,2,6-8H2,1H3. The first kappa shape index (κ1) is 14.0. The summed E-state index contributed by atoms with van der Waals surface area (Å²) in [6.45, 7) is 4.04. The second kappa shape index (κ2) is 6.63. The van der Waals surface area contributed by atoms with Crippen LogP contribution in [0.5, 0.6) is 0 Å². The average molecular weight is 283 g/mol. The van der Waals surface area contributed by atoms with Crippen LogP contribution in [0.3, 0.4) is 0 Å². The maximum absolute atomic E-state index is 13.7. The SMILES string of the molecule is CCCNCc1cn(Cc2cccc(Cl)c2F)nn1. The van der Waals surface area contributed by atoms with Gasteiger partial charge in [-0.05, 0) is 19.0 Å². The molecule has 4 nitrogen and oxygen atoms in total. The summed E-state index contributed by atoms with van der Waals surface area (Å²) in [6, 6.07) is 4.95. The fourth-order valence-electron chi connectivity index (χ4n) is 1.74. The lowest BCUT2D eigenvalue weighted by atomic mass is 10.2. The van der Waals surface area contributed by atoms with Gasteiger partial charge in [-0.3, -0.25) is 0 Å². The van der Waals surface area contributed by atoms with Crippen molar-refractivity contribution in [2.75, 3.05) is 6.54 Å². The van der Waals surface area contributed by atoms with Crippen LogP contribution >= 0.6 is 11.6 Å². The van der Waals surface area contributed by atoms with Gasteiger partial charge in [0.25, 0.3) is 0 Å². The van der Waals surface area contributed by atoms with E-state index in [4.69, 9.17) is 11.6 Å². The summed E-state index contributed by atoms with van der Waals surface area (Å²) in [7, 11) is 0. The zero-order valence-corrected chi connectivity index (χ0v) is 11.5. The summed E-state index contributed by atoms with van der Waals surface area (Å²) in [4.78, 5) is 0. The summed E-state index contributed by atoms with van der Waals surface area (Å²) in [5.41, 5.74) is 1.35. The van der Waals surface area contributed by atoms with Crippen LogP contribution in [-0.2, 0) is 13.1 Å². The zero-order chi connectivity index (χ0) is 13.7. The van der Waals surface area contributed by atoms with Gasteiger partial charge in [0.15, 0.2) is 0 Å². The van der Waals surface area contributed by atoms with Crippen molar-refractivity contribution in [1.82, 2.24) is 20.3 Å². The van der Waals surface area contributed by atoms with Crippen LogP contribution in [0.25, 0.3) is 0 Å². The van der Waals surface area contributed by atoms with Crippen molar-refractivity contribution in [1.29, 1.82) is 0 Å². The minimum atomic E-state index is -0.398. The van der Waals surface area contributed by atoms with Crippen molar-refractivity contribution in [2.24, 2.45) is 0 Å². The van der Waals surface area contributed by atoms with E-state index in [-0.39, 0.29) is 5.02 Å². The van der Waals surface area contributed by atoms with Crippen LogP contribution in [0.15, 0.2) is 24.4 Å². The Balaban J connectivity index is 2.01. The number of rotatable bonds is 6. The Kier molecular flexibility index (Phi) is 4.87. The molecule has 0 saturated heterocycles. The minimum absolute atomic E-state index is 0.127. The van der Waals surface area contributed by atoms with E-state index in [1.807, 2.05) is 6.20 Å². The van der Waals surface area contributed by atoms with E-state index in [2.05, 4.69) is 22.6 Å². The van der Waals surface area contributed by atoms with Crippen molar-refractivity contribution in [3.63, 3.8) is 0 Å². The zero-order valence-electron chi connectivity index (χ0n) is 10.7. The molecule has 0 aliphatic heterocycles. The van der Waals surface area contributed by atoms with Crippen LogP contribution in [0.1, 0.15) is 24.6 Å². The fraction of sp³-hybridized carbons (Fsp3) is 0.385. The second-order valence-electron chi connectivity index (χ2n) is 4.30. The molecule has 1 heterocycles. The van der Waals surface area contributed by atoms with Gasteiger partial charge in [0.1, 0.15) is 5.82 Å². The van der Waals surface area contributed by atoms with Crippen molar-refractivity contribution in [3.05, 3.63) is 46.5 Å². The predicted molar refractivity (Wildman–Crippen MR) is 72.5 cm³/mol. The van der Waals surface area contributed by atoms with E-state index in [1.54, 1.807) is 16.8 Å². The Morgan fingerprint density at radius 1 is 1.42 bits per heavy atom. The molecule has 102 valence electrons. The van der Waals surface area contributed by atoms with Crippen molar-refractivity contribution >= 4 is 11.6 Å². The highest BCUT2D eigenvalue weighted by atomic mass is 35.5. The lowest BCUT2D eigenvalue weighted by Gasteiger charge is -2.03. The number of benzene rings is 1. The van der Waals surface area contributed by atoms with Crippen LogP contribution < -0.4 is 5.32 Å². The van der Waals surface area contributed by atoms with E-state index >= 15 is 0 Å². The maximum atomic E-state index is 13.7. The second-order valence-corrected chi connectivity index (χ2v) is 4.70. The Labute approximate surface area is 116 Å². The van der Waals surface area contributed by atoms with Gasteiger partial charge >= 0.3 is 0 Å². The molecule has 0 amide bonds. The first-order valence-corrected chi connectivity index (χ1v) is 6.61. The summed E-state index contributed by atoms with van der Waals surface area (Å²) >= 11 is 5.74. The first-order valence-electron chi connectivity index (χ1n) is 6.23. The smallest absolute Gasteiger partial charge is 0.146 e. The van der Waals surface area contributed by atoms with E-state index < -0.39 is 5.82 Å². The van der Waals surface area contributed by atoms with E-state index in [0.29, 0.717) is 18.7 Å². The molecular formula is C13H16ClFN4. The molecule has 0 aliphatic carbocycles. The molecule has 1 N–H and O–H groups in total. The fourth-order valence-corrected chi connectivity index (χ4v) is 1.93. The summed E-state index contributed by atoms with van der Waals surface area (Å²) in [5, 5.41) is 11.4. The average Bonchev–Trinajstić information content (AvgIpc) is 2.83. The molecule has 0 fully saturated rings. The van der Waals surface area contributed by atoms with Gasteiger partial charge in [-0.25, -0.2) is 9.07 Å². The molecule has 1 aromatic carbocycles. The number of aromatic nitrogens is 3. The Bertz CT molecular complexity index is 541. The van der Waals surface area contributed by atoms with Crippen LogP contribution in [0.2, 0.25) is 5.02 Å². The highest BCUT2D eigenvalue weighted by Gasteiger charge is 2.08. The lowest BCUT2D eigenvalue weighted by Crippen LogP contribution is -2.13. The number of nitrogens with zero attached hydrogens (tertiary/aromatic N) is 3. The molecule has 0 saturated carbocycles. The first-order chi connectivity index (χ1) is 9.20. The quantitative estimate of drug-likeness (QED) is 0.828. The highest BCUT2D eigenvalue weighted by Crippen LogP contribution is 2.18. The van der Waals surface area contributed by atoms with Gasteiger partial charge in [-0.15, -0.1) is 5.10 Å². The summed E-state index contributed by atoms with van der Waals surface area (Å²) < 4.78 is 15.3. The van der Waals surface area contributed by atoms with Crippen molar-refractivity contribution < 1.29 is 4.39 Å². The van der Waals surface area contributed by atoms with Crippen molar-refractivity contribution in [3.8, 4) is 0 Å². The molecule has 0 aliphatic rings. The molecule has 6 heteroatoms. The normalized spacial score (nSPS) is 10.9. The van der Waals surface area contributed by atoms with Gasteiger partial charge < -0.3 is 5.32 Å². The molecule has 2 aromatic rings. The van der Waals surface area contributed by atoms with E-state index in [9.17, 15) is 4.39 Å². The van der Waals surface area contributed by atoms with Crippen LogP contribution in [0.4, 0.5) is 4.39 Å². The number of nitrogens with one attached hydrogen (secondary N) is 1. The topological polar surface area (TPSA) is 42.7 Å². The molecule has 2 rings (SSSR count). The van der Waals surface area contributed by atoms with Crippen LogP contribution in [-0.4, -0.2) is 21.5 Å². The molecular weight excluding hydrogens is 267 g/mol. The van der Waals surface area contributed by atoms with Crippen LogP contribution in [0, 0.1) is 5.82 Å². The third-order valence-electron chi connectivity index (χ3n) is 2.68. The third kappa shape index (κ3) is 3.75. The summed E-state index contributed by atoms with van der Waals surface area (Å²) in [5.74, 6) is -0.398. The summed E-state index contributed by atoms with van der Waals surface area (Å²) in [6.07, 6.45) is 2.88. The Morgan fingerprint density at radius 3 is 3.05 bits per heavy atom. The predicted octanol–water partition coefficient (Wildman–Crippen LogP) is 2.62. The molecule has 0 bridgehead atoms. The molecule has 19 heavy (non-hydrogen) atoms. The van der Waals surface area contributed by atoms with Gasteiger partial charge in [0, 0.05) is 12.1 Å². The molecule has 0 radical (unpaired) electrons. The number of hydrogen-bond acceptors (Lipinski definition) is 3. The number of halogens is 2. The molecule has 1 aromatic heterocycles. The highest BCUT2D eigenvalue weighted by molar-refractivity contribution is 6.30. The van der Waals surface area contributed by atoms with Gasteiger partial charge in [-0.2, -0.15) is 0 Å². The molecule has 0 spiro atoms. The Morgan fingerprint density at radius 2 is 2.26 bits per heavy atom. The van der Waals surface area contributed by atoms with Gasteiger partial charge in [0.2, 0.25) is 0 Å². The molecule has 0 atom stereocenters. The largest absolute Gasteiger partial charge is 0.311 e. The molecule has 0 unspecified atom stereocenters. The Hall–Kier alpha value is -1.46. The lowest BCUT2D eigenvalue weighted by molar-refractivity contribution is 0.577. The van der Waals surface area contributed by atoms with Gasteiger partial charge in [-0.1, -0.05) is 35.9 Å². The van der Waals surface area contributed by atoms with Crippen molar-refractivity contribution in [2.45, 2.75) is 26.4 Å². The monoisotopic (exact) mass is 282 g/mol. The number of hydrogen-bond donors (Lipinski definition) is 1. The van der Waals surface area contributed by atoms with E-state index in [1.165, 1.54) is 6.07 Å².